The Morgan fingerprint density at radius 2 is 1.68 bits per heavy atom. The Labute approximate surface area is 233 Å². The molecule has 0 unspecified atom stereocenters. The molecule has 0 spiro atoms. The summed E-state index contributed by atoms with van der Waals surface area (Å²) in [5.41, 5.74) is 4.96. The van der Waals surface area contributed by atoms with Crippen molar-refractivity contribution in [1.82, 2.24) is 15.2 Å². The normalized spacial score (nSPS) is 14.2. The first-order chi connectivity index (χ1) is 19.5. The number of hydrogen-bond acceptors (Lipinski definition) is 5. The number of amides is 2. The summed E-state index contributed by atoms with van der Waals surface area (Å²) in [4.78, 5) is 31.5. The van der Waals surface area contributed by atoms with E-state index in [0.29, 0.717) is 17.8 Å². The lowest BCUT2D eigenvalue weighted by Gasteiger charge is -2.31. The molecule has 2 heterocycles. The summed E-state index contributed by atoms with van der Waals surface area (Å²) in [6.45, 7) is 5.26. The van der Waals surface area contributed by atoms with Crippen molar-refractivity contribution in [3.05, 3.63) is 95.9 Å². The van der Waals surface area contributed by atoms with Crippen LogP contribution < -0.4 is 10.6 Å². The number of piperidine rings is 1. The largest absolute Gasteiger partial charge is 0.368 e. The Kier molecular flexibility index (Phi) is 8.78. The van der Waals surface area contributed by atoms with Crippen LogP contribution in [0.4, 0.5) is 10.1 Å². The number of fused-ring (bicyclic) bond motifs is 1. The zero-order valence-electron chi connectivity index (χ0n) is 22.5. The number of benzene rings is 3. The number of anilines is 1. The van der Waals surface area contributed by atoms with Gasteiger partial charge in [0.2, 0.25) is 5.91 Å². The molecule has 5 rings (SSSR count). The molecule has 206 valence electrons. The molecule has 40 heavy (non-hydrogen) atoms. The lowest BCUT2D eigenvalue weighted by atomic mass is 10.0. The van der Waals surface area contributed by atoms with Crippen molar-refractivity contribution >= 4 is 28.4 Å². The van der Waals surface area contributed by atoms with Crippen LogP contribution in [-0.2, 0) is 16.1 Å². The molecule has 1 aliphatic rings. The number of nitrogens with one attached hydrogen (secondary N) is 2. The summed E-state index contributed by atoms with van der Waals surface area (Å²) >= 11 is 0. The van der Waals surface area contributed by atoms with E-state index in [1.165, 1.54) is 12.1 Å². The molecule has 0 saturated carbocycles. The molecule has 0 radical (unpaired) electrons. The summed E-state index contributed by atoms with van der Waals surface area (Å²) in [6.07, 6.45) is 3.81. The van der Waals surface area contributed by atoms with E-state index in [9.17, 15) is 14.0 Å². The number of ether oxygens (including phenoxy) is 1. The predicted molar refractivity (Wildman–Crippen MR) is 154 cm³/mol. The quantitative estimate of drug-likeness (QED) is 0.297. The number of pyridine rings is 1. The van der Waals surface area contributed by atoms with Gasteiger partial charge in [0.25, 0.3) is 5.91 Å². The van der Waals surface area contributed by atoms with Gasteiger partial charge in [-0.25, -0.2) is 4.39 Å². The molecule has 0 bridgehead atoms. The van der Waals surface area contributed by atoms with Crippen molar-refractivity contribution in [2.75, 3.05) is 31.6 Å². The van der Waals surface area contributed by atoms with Gasteiger partial charge in [0.15, 0.2) is 0 Å². The fourth-order valence-corrected chi connectivity index (χ4v) is 4.92. The van der Waals surface area contributed by atoms with E-state index in [2.05, 4.69) is 26.6 Å². The third kappa shape index (κ3) is 7.08. The highest BCUT2D eigenvalue weighted by Crippen LogP contribution is 2.23. The molecule has 0 aliphatic carbocycles. The molecule has 1 fully saturated rings. The molecule has 7 nitrogen and oxygen atoms in total. The van der Waals surface area contributed by atoms with Crippen molar-refractivity contribution in [2.24, 2.45) is 0 Å². The molecule has 8 heteroatoms. The first-order valence-electron chi connectivity index (χ1n) is 13.6. The van der Waals surface area contributed by atoms with Gasteiger partial charge in [-0.15, -0.1) is 0 Å². The minimum absolute atomic E-state index is 0.0629. The SMILES string of the molecule is CCNC(=O)COC1CCN(Cc2cnc3cc(NC(=O)c4ccc(-c5ccc(F)cc5)cc4)ccc3c2)CC1. The summed E-state index contributed by atoms with van der Waals surface area (Å²) in [7, 11) is 0. The van der Waals surface area contributed by atoms with Crippen LogP contribution in [0.3, 0.4) is 0 Å². The predicted octanol–water partition coefficient (Wildman–Crippen LogP) is 5.41. The number of nitrogens with zero attached hydrogens (tertiary/aromatic N) is 2. The molecular weight excluding hydrogens is 507 g/mol. The number of aromatic nitrogens is 1. The maximum atomic E-state index is 13.2. The van der Waals surface area contributed by atoms with Crippen LogP contribution in [0.2, 0.25) is 0 Å². The van der Waals surface area contributed by atoms with Crippen LogP contribution in [-0.4, -0.2) is 54.0 Å². The molecular formula is C32H33FN4O3. The lowest BCUT2D eigenvalue weighted by molar-refractivity contribution is -0.128. The standard InChI is InChI=1S/C32H33FN4O3/c1-2-34-31(38)21-40-29-13-15-37(16-14-29)20-22-17-26-9-12-28(18-30(26)35-19-22)36-32(39)25-5-3-23(4-6-25)24-7-10-27(33)11-8-24/h3-12,17-19,29H,2,13-16,20-21H2,1H3,(H,34,38)(H,36,39). The third-order valence-electron chi connectivity index (χ3n) is 7.09. The maximum absolute atomic E-state index is 13.2. The Balaban J connectivity index is 1.14. The number of likely N-dealkylation sites (N-methyl/N-ethyl adjacent to an activating group) is 1. The zero-order chi connectivity index (χ0) is 27.9. The van der Waals surface area contributed by atoms with Gasteiger partial charge in [-0.2, -0.15) is 0 Å². The minimum atomic E-state index is -0.279. The second-order valence-electron chi connectivity index (χ2n) is 10.0. The monoisotopic (exact) mass is 540 g/mol. The molecule has 1 aromatic heterocycles. The Morgan fingerprint density at radius 3 is 2.38 bits per heavy atom. The zero-order valence-corrected chi connectivity index (χ0v) is 22.5. The highest BCUT2D eigenvalue weighted by atomic mass is 19.1. The van der Waals surface area contributed by atoms with Crippen LogP contribution >= 0.6 is 0 Å². The summed E-state index contributed by atoms with van der Waals surface area (Å²) in [5.74, 6) is -0.550. The molecule has 2 amide bonds. The average Bonchev–Trinajstić information content (AvgIpc) is 2.97. The van der Waals surface area contributed by atoms with Gasteiger partial charge in [0, 0.05) is 49.0 Å². The van der Waals surface area contributed by atoms with Gasteiger partial charge in [0.05, 0.1) is 11.6 Å². The average molecular weight is 541 g/mol. The van der Waals surface area contributed by atoms with Crippen molar-refractivity contribution in [1.29, 1.82) is 0 Å². The third-order valence-corrected chi connectivity index (χ3v) is 7.09. The first-order valence-corrected chi connectivity index (χ1v) is 13.6. The topological polar surface area (TPSA) is 83.6 Å². The molecule has 2 N–H and O–H groups in total. The molecule has 0 atom stereocenters. The van der Waals surface area contributed by atoms with Gasteiger partial charge in [-0.05, 0) is 78.9 Å². The maximum Gasteiger partial charge on any atom is 0.255 e. The van der Waals surface area contributed by atoms with Crippen LogP contribution in [0.5, 0.6) is 0 Å². The van der Waals surface area contributed by atoms with Crippen LogP contribution in [0.25, 0.3) is 22.0 Å². The van der Waals surface area contributed by atoms with E-state index < -0.39 is 0 Å². The van der Waals surface area contributed by atoms with E-state index >= 15 is 0 Å². The van der Waals surface area contributed by atoms with E-state index in [4.69, 9.17) is 4.74 Å². The number of carbonyl (C=O) groups is 2. The van der Waals surface area contributed by atoms with E-state index in [0.717, 1.165) is 60.1 Å². The van der Waals surface area contributed by atoms with Crippen molar-refractivity contribution < 1.29 is 18.7 Å². The molecule has 3 aromatic carbocycles. The van der Waals surface area contributed by atoms with Crippen molar-refractivity contribution in [2.45, 2.75) is 32.4 Å². The first kappa shape index (κ1) is 27.4. The molecule has 4 aromatic rings. The summed E-state index contributed by atoms with van der Waals surface area (Å²) in [5, 5.41) is 6.72. The summed E-state index contributed by atoms with van der Waals surface area (Å²) < 4.78 is 18.9. The number of hydrogen-bond donors (Lipinski definition) is 2. The van der Waals surface area contributed by atoms with Crippen molar-refractivity contribution in [3.8, 4) is 11.1 Å². The fraction of sp³-hybridized carbons (Fsp3) is 0.281. The Hall–Kier alpha value is -4.14. The van der Waals surface area contributed by atoms with Gasteiger partial charge in [-0.3, -0.25) is 19.5 Å². The smallest absolute Gasteiger partial charge is 0.255 e. The lowest BCUT2D eigenvalue weighted by Crippen LogP contribution is -2.38. The number of likely N-dealkylation sites (tertiary alicyclic amines) is 1. The van der Waals surface area contributed by atoms with Crippen LogP contribution in [0, 0.1) is 5.82 Å². The van der Waals surface area contributed by atoms with E-state index in [1.54, 1.807) is 24.3 Å². The highest BCUT2D eigenvalue weighted by Gasteiger charge is 2.20. The van der Waals surface area contributed by atoms with Gasteiger partial charge in [-0.1, -0.05) is 30.3 Å². The Morgan fingerprint density at radius 1 is 0.975 bits per heavy atom. The number of rotatable bonds is 9. The number of carbonyl (C=O) groups excluding carboxylic acids is 2. The highest BCUT2D eigenvalue weighted by molar-refractivity contribution is 6.05. The Bertz CT molecular complexity index is 1470. The van der Waals surface area contributed by atoms with E-state index in [-0.39, 0.29) is 30.3 Å². The molecule has 1 saturated heterocycles. The second-order valence-corrected chi connectivity index (χ2v) is 10.0. The number of halogens is 1. The van der Waals surface area contributed by atoms with Gasteiger partial charge in [0.1, 0.15) is 12.4 Å². The van der Waals surface area contributed by atoms with Gasteiger partial charge < -0.3 is 15.4 Å². The van der Waals surface area contributed by atoms with Crippen LogP contribution in [0.1, 0.15) is 35.7 Å². The molecule has 1 aliphatic heterocycles. The van der Waals surface area contributed by atoms with E-state index in [1.807, 2.05) is 43.5 Å². The van der Waals surface area contributed by atoms with Crippen LogP contribution in [0.15, 0.2) is 79.0 Å². The van der Waals surface area contributed by atoms with Gasteiger partial charge >= 0.3 is 0 Å². The van der Waals surface area contributed by atoms with Crippen molar-refractivity contribution in [3.63, 3.8) is 0 Å². The second kappa shape index (κ2) is 12.8. The summed E-state index contributed by atoms with van der Waals surface area (Å²) in [6, 6.07) is 21.4. The fourth-order valence-electron chi connectivity index (χ4n) is 4.92. The minimum Gasteiger partial charge on any atom is -0.368 e.